The van der Waals surface area contributed by atoms with E-state index >= 15 is 0 Å². The second-order valence-corrected chi connectivity index (χ2v) is 5.96. The molecule has 1 saturated heterocycles. The second-order valence-electron chi connectivity index (χ2n) is 4.47. The van der Waals surface area contributed by atoms with E-state index in [0.717, 1.165) is 18.1 Å². The van der Waals surface area contributed by atoms with E-state index in [9.17, 15) is 4.79 Å². The minimum absolute atomic E-state index is 0.0340. The van der Waals surface area contributed by atoms with Crippen molar-refractivity contribution in [3.8, 4) is 0 Å². The topological polar surface area (TPSA) is 45.2 Å². The van der Waals surface area contributed by atoms with E-state index in [0.29, 0.717) is 10.9 Å². The minimum atomic E-state index is 0.0340. The number of carbonyl (C=O) groups excluding carboxylic acids is 1. The third-order valence-corrected chi connectivity index (χ3v) is 4.71. The largest absolute Gasteiger partial charge is 0.373 e. The Labute approximate surface area is 112 Å². The average molecular weight is 265 g/mol. The lowest BCUT2D eigenvalue weighted by Gasteiger charge is -2.37. The first-order valence-corrected chi connectivity index (χ1v) is 7.25. The van der Waals surface area contributed by atoms with Crippen molar-refractivity contribution in [1.82, 2.24) is 9.88 Å². The van der Waals surface area contributed by atoms with Gasteiger partial charge in [-0.1, -0.05) is 13.0 Å². The molecular formula is C13H19N3OS. The molecule has 0 aliphatic carbocycles. The zero-order chi connectivity index (χ0) is 13.1. The van der Waals surface area contributed by atoms with Crippen LogP contribution in [0.2, 0.25) is 0 Å². The molecule has 0 aromatic carbocycles. The molecule has 1 N–H and O–H groups in total. The molecule has 0 bridgehead atoms. The molecule has 2 unspecified atom stereocenters. The molecule has 2 rings (SSSR count). The number of thioether (sulfide) groups is 1. The van der Waals surface area contributed by atoms with Crippen LogP contribution in [0.1, 0.15) is 24.3 Å². The molecule has 5 heteroatoms. The fourth-order valence-corrected chi connectivity index (χ4v) is 3.16. The van der Waals surface area contributed by atoms with Gasteiger partial charge < -0.3 is 10.2 Å². The smallest absolute Gasteiger partial charge is 0.272 e. The van der Waals surface area contributed by atoms with E-state index in [4.69, 9.17) is 0 Å². The molecule has 0 spiro atoms. The lowest BCUT2D eigenvalue weighted by atomic mass is 10.2. The fraction of sp³-hybridized carbons (Fsp3) is 0.538. The summed E-state index contributed by atoms with van der Waals surface area (Å²) in [7, 11) is 1.80. The molecule has 4 nitrogen and oxygen atoms in total. The number of carbonyl (C=O) groups is 1. The first kappa shape index (κ1) is 13.2. The Balaban J connectivity index is 2.19. The fourth-order valence-electron chi connectivity index (χ4n) is 2.06. The minimum Gasteiger partial charge on any atom is -0.373 e. The third kappa shape index (κ3) is 2.61. The second kappa shape index (κ2) is 5.61. The van der Waals surface area contributed by atoms with Gasteiger partial charge in [0.2, 0.25) is 0 Å². The molecule has 1 aliphatic heterocycles. The van der Waals surface area contributed by atoms with E-state index < -0.39 is 0 Å². The van der Waals surface area contributed by atoms with Gasteiger partial charge in [0.25, 0.3) is 5.91 Å². The predicted molar refractivity (Wildman–Crippen MR) is 76.2 cm³/mol. The maximum atomic E-state index is 12.5. The Morgan fingerprint density at radius 3 is 3.00 bits per heavy atom. The first-order chi connectivity index (χ1) is 8.63. The van der Waals surface area contributed by atoms with Crippen LogP contribution in [-0.2, 0) is 0 Å². The third-order valence-electron chi connectivity index (χ3n) is 3.37. The number of nitrogens with zero attached hydrogens (tertiary/aromatic N) is 2. The Morgan fingerprint density at radius 1 is 1.50 bits per heavy atom. The van der Waals surface area contributed by atoms with Crippen LogP contribution in [0, 0.1) is 0 Å². The lowest BCUT2D eigenvalue weighted by Crippen LogP contribution is -2.48. The Kier molecular flexibility index (Phi) is 4.11. The van der Waals surface area contributed by atoms with Gasteiger partial charge in [0.1, 0.15) is 11.5 Å². The van der Waals surface area contributed by atoms with Crippen LogP contribution in [0.3, 0.4) is 0 Å². The number of amides is 1. The van der Waals surface area contributed by atoms with Gasteiger partial charge in [0.05, 0.1) is 0 Å². The maximum Gasteiger partial charge on any atom is 0.272 e. The van der Waals surface area contributed by atoms with Gasteiger partial charge in [0, 0.05) is 30.6 Å². The zero-order valence-electron chi connectivity index (χ0n) is 11.0. The van der Waals surface area contributed by atoms with Crippen LogP contribution in [-0.4, -0.2) is 46.4 Å². The van der Waals surface area contributed by atoms with E-state index in [1.165, 1.54) is 0 Å². The Morgan fingerprint density at radius 2 is 2.28 bits per heavy atom. The summed E-state index contributed by atoms with van der Waals surface area (Å²) < 4.78 is 0. The highest BCUT2D eigenvalue weighted by molar-refractivity contribution is 8.00. The Hall–Kier alpha value is -1.23. The van der Waals surface area contributed by atoms with Crippen LogP contribution in [0.5, 0.6) is 0 Å². The highest BCUT2D eigenvalue weighted by Gasteiger charge is 2.30. The van der Waals surface area contributed by atoms with Crippen LogP contribution in [0.4, 0.5) is 5.82 Å². The standard InChI is InChI=1S/C13H19N3OS/c1-9-10(2)18-8-7-16(9)13(17)11-5-4-6-12(14-3)15-11/h4-6,9-10H,7-8H2,1-3H3,(H,14,15). The van der Waals surface area contributed by atoms with Gasteiger partial charge in [0.15, 0.2) is 0 Å². The summed E-state index contributed by atoms with van der Waals surface area (Å²) in [6, 6.07) is 5.76. The van der Waals surface area contributed by atoms with E-state index in [1.807, 2.05) is 28.8 Å². The summed E-state index contributed by atoms with van der Waals surface area (Å²) in [4.78, 5) is 18.7. The van der Waals surface area contributed by atoms with Crippen LogP contribution in [0.15, 0.2) is 18.2 Å². The van der Waals surface area contributed by atoms with Crippen molar-refractivity contribution < 1.29 is 4.79 Å². The monoisotopic (exact) mass is 265 g/mol. The number of rotatable bonds is 2. The number of hydrogen-bond acceptors (Lipinski definition) is 4. The lowest BCUT2D eigenvalue weighted by molar-refractivity contribution is 0.0692. The van der Waals surface area contributed by atoms with Gasteiger partial charge in [-0.15, -0.1) is 0 Å². The quantitative estimate of drug-likeness (QED) is 0.889. The van der Waals surface area contributed by atoms with E-state index in [1.54, 1.807) is 13.1 Å². The van der Waals surface area contributed by atoms with Crippen molar-refractivity contribution in [2.75, 3.05) is 24.7 Å². The summed E-state index contributed by atoms with van der Waals surface area (Å²) in [6.45, 7) is 5.09. The number of aromatic nitrogens is 1. The van der Waals surface area contributed by atoms with Crippen molar-refractivity contribution in [3.05, 3.63) is 23.9 Å². The molecule has 0 radical (unpaired) electrons. The molecule has 0 saturated carbocycles. The number of anilines is 1. The van der Waals surface area contributed by atoms with Gasteiger partial charge in [-0.3, -0.25) is 4.79 Å². The molecule has 18 heavy (non-hydrogen) atoms. The predicted octanol–water partition coefficient (Wildman–Crippen LogP) is 2.09. The summed E-state index contributed by atoms with van der Waals surface area (Å²) in [5.74, 6) is 1.77. The van der Waals surface area contributed by atoms with E-state index in [-0.39, 0.29) is 11.9 Å². The number of nitrogens with one attached hydrogen (secondary N) is 1. The van der Waals surface area contributed by atoms with Crippen molar-refractivity contribution in [3.63, 3.8) is 0 Å². The van der Waals surface area contributed by atoms with Crippen molar-refractivity contribution >= 4 is 23.5 Å². The van der Waals surface area contributed by atoms with Gasteiger partial charge >= 0.3 is 0 Å². The molecule has 1 aromatic heterocycles. The molecule has 98 valence electrons. The summed E-state index contributed by atoms with van der Waals surface area (Å²) in [5, 5.41) is 3.44. The number of hydrogen-bond donors (Lipinski definition) is 1. The summed E-state index contributed by atoms with van der Waals surface area (Å²) >= 11 is 1.92. The highest BCUT2D eigenvalue weighted by Crippen LogP contribution is 2.25. The highest BCUT2D eigenvalue weighted by atomic mass is 32.2. The van der Waals surface area contributed by atoms with E-state index in [2.05, 4.69) is 24.1 Å². The van der Waals surface area contributed by atoms with Crippen molar-refractivity contribution in [2.24, 2.45) is 0 Å². The molecule has 2 heterocycles. The van der Waals surface area contributed by atoms with Crippen LogP contribution >= 0.6 is 11.8 Å². The molecule has 2 atom stereocenters. The number of pyridine rings is 1. The first-order valence-electron chi connectivity index (χ1n) is 6.21. The Bertz CT molecular complexity index is 438. The molecule has 1 aliphatic rings. The SMILES string of the molecule is CNc1cccc(C(=O)N2CCSC(C)C2C)n1. The molecular weight excluding hydrogens is 246 g/mol. The summed E-state index contributed by atoms with van der Waals surface area (Å²) in [6.07, 6.45) is 0. The van der Waals surface area contributed by atoms with Crippen molar-refractivity contribution in [2.45, 2.75) is 25.1 Å². The summed E-state index contributed by atoms with van der Waals surface area (Å²) in [5.41, 5.74) is 0.521. The zero-order valence-corrected chi connectivity index (χ0v) is 11.8. The molecule has 1 aromatic rings. The van der Waals surface area contributed by atoms with Crippen molar-refractivity contribution in [1.29, 1.82) is 0 Å². The van der Waals surface area contributed by atoms with Gasteiger partial charge in [-0.05, 0) is 19.1 Å². The maximum absolute atomic E-state index is 12.5. The molecule has 1 fully saturated rings. The average Bonchev–Trinajstić information content (AvgIpc) is 2.41. The van der Waals surface area contributed by atoms with Gasteiger partial charge in [-0.2, -0.15) is 11.8 Å². The van der Waals surface area contributed by atoms with Gasteiger partial charge in [-0.25, -0.2) is 4.98 Å². The van der Waals surface area contributed by atoms with Crippen LogP contribution in [0.25, 0.3) is 0 Å². The normalized spacial score (nSPS) is 23.8. The van der Waals surface area contributed by atoms with Crippen LogP contribution < -0.4 is 5.32 Å². The molecule has 1 amide bonds.